The average Bonchev–Trinajstić information content (AvgIpc) is 2.27. The Labute approximate surface area is 103 Å². The number of aliphatic hydroxyl groups excluding tert-OH is 2. The van der Waals surface area contributed by atoms with Crippen LogP contribution < -0.4 is 4.90 Å². The minimum atomic E-state index is -0.401. The van der Waals surface area contributed by atoms with Gasteiger partial charge in [-0.05, 0) is 30.5 Å². The van der Waals surface area contributed by atoms with Crippen molar-refractivity contribution in [1.29, 1.82) is 0 Å². The van der Waals surface area contributed by atoms with Gasteiger partial charge in [0, 0.05) is 19.3 Å². The van der Waals surface area contributed by atoms with E-state index in [-0.39, 0.29) is 6.61 Å². The van der Waals surface area contributed by atoms with E-state index >= 15 is 0 Å². The van der Waals surface area contributed by atoms with E-state index in [1.165, 1.54) is 0 Å². The summed E-state index contributed by atoms with van der Waals surface area (Å²) >= 11 is 0. The minimum absolute atomic E-state index is 0.0117. The highest BCUT2D eigenvalue weighted by Crippen LogP contribution is 2.19. The van der Waals surface area contributed by atoms with Crippen molar-refractivity contribution >= 4 is 5.82 Å². The zero-order valence-corrected chi connectivity index (χ0v) is 11.0. The van der Waals surface area contributed by atoms with Gasteiger partial charge in [-0.3, -0.25) is 0 Å². The number of aliphatic hydroxyl groups is 2. The van der Waals surface area contributed by atoms with Crippen LogP contribution in [0.15, 0.2) is 12.1 Å². The third kappa shape index (κ3) is 3.98. The SMILES string of the molecule is CC(O)CN(C)c1cc(CO)cc(C(C)C)n1. The topological polar surface area (TPSA) is 56.6 Å². The van der Waals surface area contributed by atoms with Gasteiger partial charge in [-0.15, -0.1) is 0 Å². The quantitative estimate of drug-likeness (QED) is 0.816. The van der Waals surface area contributed by atoms with Gasteiger partial charge >= 0.3 is 0 Å². The van der Waals surface area contributed by atoms with Crippen molar-refractivity contribution in [1.82, 2.24) is 4.98 Å². The van der Waals surface area contributed by atoms with E-state index in [2.05, 4.69) is 18.8 Å². The van der Waals surface area contributed by atoms with Crippen molar-refractivity contribution < 1.29 is 10.2 Å². The summed E-state index contributed by atoms with van der Waals surface area (Å²) in [5, 5.41) is 18.6. The lowest BCUT2D eigenvalue weighted by atomic mass is 10.1. The van der Waals surface area contributed by atoms with Crippen molar-refractivity contribution in [2.75, 3.05) is 18.5 Å². The van der Waals surface area contributed by atoms with Gasteiger partial charge in [0.2, 0.25) is 0 Å². The van der Waals surface area contributed by atoms with Gasteiger partial charge in [-0.25, -0.2) is 4.98 Å². The summed E-state index contributed by atoms with van der Waals surface area (Å²) in [5.74, 6) is 1.11. The number of aromatic nitrogens is 1. The number of likely N-dealkylation sites (N-methyl/N-ethyl adjacent to an activating group) is 1. The molecule has 1 atom stereocenters. The van der Waals surface area contributed by atoms with Crippen molar-refractivity contribution in [2.45, 2.75) is 39.4 Å². The van der Waals surface area contributed by atoms with E-state index in [1.807, 2.05) is 24.1 Å². The second-order valence-corrected chi connectivity index (χ2v) is 4.80. The predicted octanol–water partition coefficient (Wildman–Crippen LogP) is 1.51. The van der Waals surface area contributed by atoms with E-state index in [0.29, 0.717) is 12.5 Å². The molecular formula is C13H22N2O2. The Balaban J connectivity index is 3.01. The lowest BCUT2D eigenvalue weighted by Crippen LogP contribution is -2.28. The molecule has 1 aromatic heterocycles. The third-order valence-corrected chi connectivity index (χ3v) is 2.59. The first-order chi connectivity index (χ1) is 7.93. The third-order valence-electron chi connectivity index (χ3n) is 2.59. The average molecular weight is 238 g/mol. The lowest BCUT2D eigenvalue weighted by Gasteiger charge is -2.21. The molecule has 96 valence electrons. The molecule has 1 rings (SSSR count). The maximum atomic E-state index is 9.37. The van der Waals surface area contributed by atoms with Gasteiger partial charge in [-0.1, -0.05) is 13.8 Å². The first-order valence-corrected chi connectivity index (χ1v) is 5.95. The zero-order valence-electron chi connectivity index (χ0n) is 11.0. The summed E-state index contributed by atoms with van der Waals surface area (Å²) in [6, 6.07) is 3.78. The normalized spacial score (nSPS) is 12.9. The molecule has 0 aromatic carbocycles. The Morgan fingerprint density at radius 3 is 2.41 bits per heavy atom. The number of pyridine rings is 1. The molecular weight excluding hydrogens is 216 g/mol. The molecule has 0 aliphatic carbocycles. The van der Waals surface area contributed by atoms with Crippen molar-refractivity contribution in [3.05, 3.63) is 23.4 Å². The van der Waals surface area contributed by atoms with Crippen LogP contribution >= 0.6 is 0 Å². The van der Waals surface area contributed by atoms with Gasteiger partial charge in [-0.2, -0.15) is 0 Å². The fourth-order valence-electron chi connectivity index (χ4n) is 1.67. The van der Waals surface area contributed by atoms with Crippen LogP contribution in [0.4, 0.5) is 5.82 Å². The van der Waals surface area contributed by atoms with Crippen LogP contribution in [-0.2, 0) is 6.61 Å². The van der Waals surface area contributed by atoms with Crippen molar-refractivity contribution in [3.8, 4) is 0 Å². The first kappa shape index (κ1) is 13.9. The highest BCUT2D eigenvalue weighted by atomic mass is 16.3. The van der Waals surface area contributed by atoms with Crippen LogP contribution in [-0.4, -0.2) is 34.9 Å². The smallest absolute Gasteiger partial charge is 0.129 e. The number of nitrogens with zero attached hydrogens (tertiary/aromatic N) is 2. The van der Waals surface area contributed by atoms with E-state index in [0.717, 1.165) is 17.1 Å². The van der Waals surface area contributed by atoms with Gasteiger partial charge in [0.15, 0.2) is 0 Å². The molecule has 0 amide bonds. The first-order valence-electron chi connectivity index (χ1n) is 5.95. The molecule has 1 aromatic rings. The highest BCUT2D eigenvalue weighted by Gasteiger charge is 2.10. The Kier molecular flexibility index (Phi) is 4.90. The summed E-state index contributed by atoms with van der Waals surface area (Å²) < 4.78 is 0. The second-order valence-electron chi connectivity index (χ2n) is 4.80. The summed E-state index contributed by atoms with van der Waals surface area (Å²) in [6.07, 6.45) is -0.401. The zero-order chi connectivity index (χ0) is 13.0. The fraction of sp³-hybridized carbons (Fsp3) is 0.615. The van der Waals surface area contributed by atoms with Crippen molar-refractivity contribution in [3.63, 3.8) is 0 Å². The van der Waals surface area contributed by atoms with E-state index in [9.17, 15) is 10.2 Å². The molecule has 4 nitrogen and oxygen atoms in total. The van der Waals surface area contributed by atoms with Crippen LogP contribution in [0.3, 0.4) is 0 Å². The second kappa shape index (κ2) is 5.98. The Bertz CT molecular complexity index is 364. The maximum absolute atomic E-state index is 9.37. The van der Waals surface area contributed by atoms with Gasteiger partial charge in [0.1, 0.15) is 5.82 Å². The van der Waals surface area contributed by atoms with E-state index in [4.69, 9.17) is 0 Å². The van der Waals surface area contributed by atoms with Crippen LogP contribution in [0.5, 0.6) is 0 Å². The number of rotatable bonds is 5. The monoisotopic (exact) mass is 238 g/mol. The summed E-state index contributed by atoms with van der Waals surface area (Å²) in [6.45, 7) is 6.43. The Hall–Kier alpha value is -1.13. The molecule has 0 bridgehead atoms. The molecule has 1 heterocycles. The van der Waals surface area contributed by atoms with Crippen LogP contribution in [0.2, 0.25) is 0 Å². The van der Waals surface area contributed by atoms with Crippen LogP contribution in [0, 0.1) is 0 Å². The summed E-state index contributed by atoms with van der Waals surface area (Å²) in [5.41, 5.74) is 1.82. The molecule has 4 heteroatoms. The molecule has 0 radical (unpaired) electrons. The molecule has 0 saturated heterocycles. The predicted molar refractivity (Wildman–Crippen MR) is 69.2 cm³/mol. The Morgan fingerprint density at radius 1 is 1.29 bits per heavy atom. The molecule has 17 heavy (non-hydrogen) atoms. The van der Waals surface area contributed by atoms with Crippen LogP contribution in [0.25, 0.3) is 0 Å². The molecule has 0 aliphatic heterocycles. The van der Waals surface area contributed by atoms with Crippen LogP contribution in [0.1, 0.15) is 37.9 Å². The lowest BCUT2D eigenvalue weighted by molar-refractivity contribution is 0.201. The molecule has 0 saturated carbocycles. The number of hydrogen-bond donors (Lipinski definition) is 2. The summed E-state index contributed by atoms with van der Waals surface area (Å²) in [4.78, 5) is 6.44. The standard InChI is InChI=1S/C13H22N2O2/c1-9(2)12-5-11(8-16)6-13(14-12)15(4)7-10(3)17/h5-6,9-10,16-17H,7-8H2,1-4H3. The number of hydrogen-bond acceptors (Lipinski definition) is 4. The molecule has 0 fully saturated rings. The largest absolute Gasteiger partial charge is 0.392 e. The molecule has 0 aliphatic rings. The highest BCUT2D eigenvalue weighted by molar-refractivity contribution is 5.42. The minimum Gasteiger partial charge on any atom is -0.392 e. The summed E-state index contributed by atoms with van der Waals surface area (Å²) in [7, 11) is 1.89. The Morgan fingerprint density at radius 2 is 1.94 bits per heavy atom. The maximum Gasteiger partial charge on any atom is 0.129 e. The van der Waals surface area contributed by atoms with Gasteiger partial charge in [0.05, 0.1) is 12.7 Å². The number of anilines is 1. The van der Waals surface area contributed by atoms with Gasteiger partial charge < -0.3 is 15.1 Å². The molecule has 0 spiro atoms. The molecule has 2 N–H and O–H groups in total. The molecule has 1 unspecified atom stereocenters. The van der Waals surface area contributed by atoms with E-state index < -0.39 is 6.10 Å². The van der Waals surface area contributed by atoms with Crippen molar-refractivity contribution in [2.24, 2.45) is 0 Å². The fourth-order valence-corrected chi connectivity index (χ4v) is 1.67. The van der Waals surface area contributed by atoms with Gasteiger partial charge in [0.25, 0.3) is 0 Å². The van der Waals surface area contributed by atoms with E-state index in [1.54, 1.807) is 6.92 Å².